The number of hydrogen-bond donors (Lipinski definition) is 15. The molecule has 0 bridgehead atoms. The van der Waals surface area contributed by atoms with Gasteiger partial charge in [0.05, 0.1) is 43.2 Å². The Bertz CT molecular complexity index is 2340. The summed E-state index contributed by atoms with van der Waals surface area (Å²) in [5.74, 6) is -0.413. The minimum atomic E-state index is -2.21. The average molecular weight is 1250 g/mol. The largest absolute Gasteiger partial charge is 0.393 e. The number of aliphatic hydroxyl groups is 12. The number of rotatable bonds is 24. The van der Waals surface area contributed by atoms with E-state index >= 15 is 0 Å². The number of hydrogen-bond acceptors (Lipinski definition) is 19. The molecular weight excluding hydrogens is 1140 g/mol. The van der Waals surface area contributed by atoms with Crippen LogP contribution in [0.5, 0.6) is 0 Å². The van der Waals surface area contributed by atoms with Crippen LogP contribution in [0.3, 0.4) is 0 Å². The maximum atomic E-state index is 14.4. The summed E-state index contributed by atoms with van der Waals surface area (Å²) in [6, 6.07) is 0. The van der Waals surface area contributed by atoms with Crippen molar-refractivity contribution in [2.24, 2.45) is 98.6 Å². The Labute approximate surface area is 520 Å². The molecule has 9 fully saturated rings. The predicted octanol–water partition coefficient (Wildman–Crippen LogP) is 2.57. The van der Waals surface area contributed by atoms with Crippen LogP contribution in [-0.4, -0.2) is 208 Å². The Balaban J connectivity index is 0.775. The quantitative estimate of drug-likeness (QED) is 0.0375. The van der Waals surface area contributed by atoms with Crippen LogP contribution in [-0.2, 0) is 28.7 Å². The second-order valence-electron chi connectivity index (χ2n) is 31.0. The van der Waals surface area contributed by atoms with Gasteiger partial charge in [-0.1, -0.05) is 48.5 Å². The van der Waals surface area contributed by atoms with Gasteiger partial charge in [-0.05, 0) is 208 Å². The zero-order valence-corrected chi connectivity index (χ0v) is 53.5. The molecule has 1 aliphatic heterocycles. The van der Waals surface area contributed by atoms with Crippen LogP contribution < -0.4 is 10.6 Å². The van der Waals surface area contributed by atoms with E-state index in [1.54, 1.807) is 4.90 Å². The van der Waals surface area contributed by atoms with E-state index in [0.717, 1.165) is 51.4 Å². The number of carbonyl (C=O) groups is 3. The molecule has 0 aromatic rings. The first-order valence-electron chi connectivity index (χ1n) is 34.1. The van der Waals surface area contributed by atoms with Gasteiger partial charge in [0, 0.05) is 44.9 Å². The fourth-order valence-electron chi connectivity index (χ4n) is 21.1. The lowest BCUT2D eigenvalue weighted by Gasteiger charge is -2.63. The van der Waals surface area contributed by atoms with Gasteiger partial charge in [0.1, 0.15) is 30.5 Å². The van der Waals surface area contributed by atoms with Crippen molar-refractivity contribution in [3.8, 4) is 0 Å². The summed E-state index contributed by atoms with van der Waals surface area (Å²) in [5, 5.41) is 147. The molecule has 22 heteroatoms. The molecule has 22 nitrogen and oxygen atoms in total. The summed E-state index contributed by atoms with van der Waals surface area (Å²) in [6.07, 6.45) is -3.88. The molecule has 0 radical (unpaired) electrons. The number of aliphatic hydroxyl groups excluding tert-OH is 12. The summed E-state index contributed by atoms with van der Waals surface area (Å²) in [5.41, 5.74) is -0.907. The molecular formula is C66H113N3O19. The Hall–Kier alpha value is -2.23. The first-order chi connectivity index (χ1) is 41.5. The Morgan fingerprint density at radius 2 is 1.08 bits per heavy atom. The molecule has 9 aliphatic rings. The van der Waals surface area contributed by atoms with Crippen molar-refractivity contribution >= 4 is 17.7 Å². The highest BCUT2D eigenvalue weighted by molar-refractivity contribution is 5.81. The highest BCUT2D eigenvalue weighted by Gasteiger charge is 2.68. The Kier molecular flexibility index (Phi) is 22.6. The second-order valence-corrected chi connectivity index (χ2v) is 31.0. The van der Waals surface area contributed by atoms with E-state index in [4.69, 9.17) is 14.7 Å². The molecule has 1 heterocycles. The third-order valence-electron chi connectivity index (χ3n) is 26.6. The zero-order valence-electron chi connectivity index (χ0n) is 53.5. The van der Waals surface area contributed by atoms with E-state index in [1.165, 1.54) is 6.92 Å². The van der Waals surface area contributed by atoms with Gasteiger partial charge in [-0.3, -0.25) is 14.4 Å². The number of fused-ring (bicyclic) bond motifs is 10. The number of amides is 3. The molecule has 31 atom stereocenters. The molecule has 8 saturated carbocycles. The van der Waals surface area contributed by atoms with Gasteiger partial charge < -0.3 is 86.3 Å². The molecule has 8 aliphatic carbocycles. The first-order valence-corrected chi connectivity index (χ1v) is 34.1. The maximum absolute atomic E-state index is 14.4. The number of carbonyl (C=O) groups excluding carboxylic acids is 3. The lowest BCUT2D eigenvalue weighted by atomic mass is 9.43. The zero-order chi connectivity index (χ0) is 64.1. The van der Waals surface area contributed by atoms with Gasteiger partial charge in [0.25, 0.3) is 5.91 Å². The van der Waals surface area contributed by atoms with Crippen molar-refractivity contribution in [2.45, 2.75) is 263 Å². The van der Waals surface area contributed by atoms with Crippen LogP contribution in [0.1, 0.15) is 177 Å². The normalized spacial score (nSPS) is 45.8. The molecule has 1 saturated heterocycles. The standard InChI is InChI=1S/C66H113N3O19/c1-33(40-12-14-42-53-44(30-49(75)65(40,42)6)63(4)20-18-38(70)26-36(63)28-46(53)72)10-16-51(77)67-22-8-24-69(25-9-23-68-60(84)59(83)58(82)57(81)48(74)32-86-61-55(79)35(3)56(80)62(87-61)88-85)52(78)17-11-34(2)41-13-15-43-54-45(31-50(76)66(41,43)7)64(5)21-19-39(71)27-37(64)29-47(54)73/h33-50,53-59,61-62,70-76,79-83,85H,8-32H2,1-7H3,(H,67,77)(H,68,84)/t33?,34?,35?,36?,37?,38-,39-,40?,41?,42?,43?,44?,45?,46-,47-,48?,49+,50+,53?,54?,55?,56?,57?,58?,59?,61?,62?,63+,64+,65-,66-/m1/s1. The smallest absolute Gasteiger partial charge is 0.251 e. The molecule has 9 rings (SSSR count). The van der Waals surface area contributed by atoms with Crippen molar-refractivity contribution in [1.29, 1.82) is 0 Å². The summed E-state index contributed by atoms with van der Waals surface area (Å²) < 4.78 is 10.5. The lowest BCUT2D eigenvalue weighted by molar-refractivity contribution is -0.424. The Morgan fingerprint density at radius 1 is 0.602 bits per heavy atom. The average Bonchev–Trinajstić information content (AvgIpc) is 1.32. The van der Waals surface area contributed by atoms with Gasteiger partial charge in [-0.15, -0.1) is 0 Å². The lowest BCUT2D eigenvalue weighted by Crippen LogP contribution is -2.62. The number of nitrogens with zero attached hydrogens (tertiary/aromatic N) is 1. The summed E-state index contributed by atoms with van der Waals surface area (Å²) in [4.78, 5) is 46.9. The molecule has 506 valence electrons. The third-order valence-corrected chi connectivity index (χ3v) is 26.6. The van der Waals surface area contributed by atoms with Gasteiger partial charge >= 0.3 is 0 Å². The monoisotopic (exact) mass is 1250 g/mol. The summed E-state index contributed by atoms with van der Waals surface area (Å²) in [7, 11) is 0. The van der Waals surface area contributed by atoms with Gasteiger partial charge in [0.2, 0.25) is 18.1 Å². The van der Waals surface area contributed by atoms with Crippen molar-refractivity contribution in [3.63, 3.8) is 0 Å². The van der Waals surface area contributed by atoms with Gasteiger partial charge in [-0.2, -0.15) is 0 Å². The van der Waals surface area contributed by atoms with Crippen molar-refractivity contribution < 1.29 is 95.3 Å². The second kappa shape index (κ2) is 28.4. The van der Waals surface area contributed by atoms with Crippen molar-refractivity contribution in [2.75, 3.05) is 32.8 Å². The molecule has 15 N–H and O–H groups in total. The molecule has 88 heavy (non-hydrogen) atoms. The van der Waals surface area contributed by atoms with E-state index in [0.29, 0.717) is 70.8 Å². The summed E-state index contributed by atoms with van der Waals surface area (Å²) in [6.45, 7) is 14.8. The maximum Gasteiger partial charge on any atom is 0.251 e. The minimum Gasteiger partial charge on any atom is -0.393 e. The van der Waals surface area contributed by atoms with Crippen LogP contribution in [0.15, 0.2) is 0 Å². The fourth-order valence-corrected chi connectivity index (χ4v) is 21.1. The van der Waals surface area contributed by atoms with Gasteiger partial charge in [0.15, 0.2) is 12.4 Å². The predicted molar refractivity (Wildman–Crippen MR) is 320 cm³/mol. The van der Waals surface area contributed by atoms with Crippen LogP contribution in [0.4, 0.5) is 0 Å². The van der Waals surface area contributed by atoms with E-state index in [-0.39, 0.29) is 144 Å². The SMILES string of the molecule is CC(CCC(=O)NCCCN(CCCNC(=O)C(O)C(O)C(O)C(O)COC1OC(OO)C(O)C(C)C1O)C(=O)CCC(C)C1CCC2C3C(C[C@H](O)[C@]12C)[C@@]1(C)CC[C@@H](O)CC1C[C@H]3O)C1CCC2C3C(C[C@H](O)[C@]12C)[C@@]1(C)CC[C@@H](O)CC1C[C@H]3O. The number of ether oxygens (including phenoxy) is 2. The molecule has 3 amide bonds. The molecule has 21 unspecified atom stereocenters. The molecule has 0 spiro atoms. The van der Waals surface area contributed by atoms with E-state index < -0.39 is 97.5 Å². The van der Waals surface area contributed by atoms with Crippen LogP contribution in [0.2, 0.25) is 0 Å². The Morgan fingerprint density at radius 3 is 1.58 bits per heavy atom. The fraction of sp³-hybridized carbons (Fsp3) is 0.955. The first kappa shape index (κ1) is 70.1. The molecule has 0 aromatic carbocycles. The third kappa shape index (κ3) is 13.4. The molecule has 0 aromatic heterocycles. The van der Waals surface area contributed by atoms with E-state index in [1.807, 2.05) is 0 Å². The van der Waals surface area contributed by atoms with Crippen molar-refractivity contribution in [1.82, 2.24) is 15.5 Å². The highest BCUT2D eigenvalue weighted by atomic mass is 17.1. The van der Waals surface area contributed by atoms with Crippen LogP contribution in [0, 0.1) is 98.6 Å². The summed E-state index contributed by atoms with van der Waals surface area (Å²) >= 11 is 0. The van der Waals surface area contributed by atoms with Crippen molar-refractivity contribution in [3.05, 3.63) is 0 Å². The minimum absolute atomic E-state index is 0.0190. The number of nitrogens with one attached hydrogen (secondary N) is 2. The van der Waals surface area contributed by atoms with E-state index in [9.17, 15) is 75.7 Å². The van der Waals surface area contributed by atoms with Gasteiger partial charge in [-0.25, -0.2) is 10.1 Å². The topological polar surface area (TPSA) is 369 Å². The van der Waals surface area contributed by atoms with Crippen LogP contribution >= 0.6 is 0 Å². The van der Waals surface area contributed by atoms with Crippen LogP contribution in [0.25, 0.3) is 0 Å². The van der Waals surface area contributed by atoms with E-state index in [2.05, 4.69) is 57.1 Å². The highest BCUT2D eigenvalue weighted by Crippen LogP contribution is 2.70.